The summed E-state index contributed by atoms with van der Waals surface area (Å²) in [5.41, 5.74) is 13.8. The lowest BCUT2D eigenvalue weighted by molar-refractivity contribution is -0.150. The molecule has 0 aliphatic carbocycles. The van der Waals surface area contributed by atoms with Gasteiger partial charge in [-0.2, -0.15) is 21.0 Å². The van der Waals surface area contributed by atoms with Crippen molar-refractivity contribution in [2.75, 3.05) is 60.0 Å². The Morgan fingerprint density at radius 1 is 0.360 bits per heavy atom. The Morgan fingerprint density at radius 3 is 0.884 bits per heavy atom. The van der Waals surface area contributed by atoms with Gasteiger partial charge < -0.3 is 38.5 Å². The van der Waals surface area contributed by atoms with Gasteiger partial charge in [0.05, 0.1) is 38.8 Å². The van der Waals surface area contributed by atoms with E-state index in [0.29, 0.717) is 24.2 Å². The molecule has 0 radical (unpaired) electrons. The van der Waals surface area contributed by atoms with Crippen LogP contribution in [0.1, 0.15) is 72.9 Å². The SMILES string of the molecule is CC(=C(C#N)C#N)c1ccc(N(C)CCOC(=O)CCC(=O)OCc2ccc(N(c3ccc(C)cc3)c3ccc(N(c4ccc(C)cc4)c4ccc(COC(=O)CCC(=O)OCCN(C)c5ccc(C(C)=C(C#N)C#N)cc5)cc4)cc3)cc2)cc1. The van der Waals surface area contributed by atoms with Crippen molar-refractivity contribution in [2.45, 2.75) is 66.6 Å². The van der Waals surface area contributed by atoms with Crippen LogP contribution in [-0.4, -0.2) is 64.3 Å². The zero-order valence-electron chi connectivity index (χ0n) is 49.1. The van der Waals surface area contributed by atoms with E-state index in [4.69, 9.17) is 18.9 Å². The predicted molar refractivity (Wildman–Crippen MR) is 332 cm³/mol. The molecule has 86 heavy (non-hydrogen) atoms. The van der Waals surface area contributed by atoms with E-state index in [2.05, 4.69) is 82.6 Å². The van der Waals surface area contributed by atoms with Crippen molar-refractivity contribution in [3.05, 3.63) is 214 Å². The molecule has 7 aromatic carbocycles. The van der Waals surface area contributed by atoms with Crippen molar-refractivity contribution in [3.8, 4) is 24.3 Å². The quantitative estimate of drug-likeness (QED) is 0.0280. The molecule has 0 heterocycles. The minimum absolute atomic E-state index is 0.0255. The largest absolute Gasteiger partial charge is 0.464 e. The first-order valence-electron chi connectivity index (χ1n) is 27.9. The topological polar surface area (TPSA) is 213 Å². The van der Waals surface area contributed by atoms with Crippen LogP contribution < -0.4 is 19.6 Å². The standard InChI is InChI=1S/C70H66N8O8/c1-49-7-19-61(20-8-49)77(63-23-11-53(12-24-63)47-85-69(81)37-35-67(79)83-41-39-75(5)59-27-15-55(16-28-59)51(3)57(43-71)44-72)65-31-33-66(34-32-65)78(62-21-9-50(2)10-22-62)64-25-13-54(14-26-64)48-86-70(82)38-36-68(80)84-42-40-76(6)60-29-17-56(18-30-60)52(4)58(45-73)46-74/h7-34H,35-42,47-48H2,1-6H3. The highest BCUT2D eigenvalue weighted by Gasteiger charge is 2.19. The van der Waals surface area contributed by atoms with Crippen molar-refractivity contribution in [1.82, 2.24) is 0 Å². The van der Waals surface area contributed by atoms with Gasteiger partial charge in [-0.05, 0) is 158 Å². The number of nitrogens with zero attached hydrogens (tertiary/aromatic N) is 8. The fourth-order valence-corrected chi connectivity index (χ4v) is 9.00. The molecule has 0 bridgehead atoms. The number of hydrogen-bond donors (Lipinski definition) is 0. The normalized spacial score (nSPS) is 10.3. The number of anilines is 8. The van der Waals surface area contributed by atoms with E-state index in [0.717, 1.165) is 78.9 Å². The molecule has 16 nitrogen and oxygen atoms in total. The summed E-state index contributed by atoms with van der Waals surface area (Å²) in [6, 6.07) is 62.7. The number of carbonyl (C=O) groups excluding carboxylic acids is 4. The van der Waals surface area contributed by atoms with Gasteiger partial charge in [0.15, 0.2) is 0 Å². The van der Waals surface area contributed by atoms with E-state index in [1.165, 1.54) is 0 Å². The van der Waals surface area contributed by atoms with Crippen LogP contribution in [0.15, 0.2) is 181 Å². The minimum Gasteiger partial charge on any atom is -0.464 e. The molecular formula is C70H66N8O8. The van der Waals surface area contributed by atoms with E-state index in [1.807, 2.05) is 159 Å². The summed E-state index contributed by atoms with van der Waals surface area (Å²) >= 11 is 0. The molecule has 0 saturated carbocycles. The Hall–Kier alpha value is -10.9. The molecule has 0 aliphatic heterocycles. The first kappa shape index (κ1) is 62.7. The third kappa shape index (κ3) is 17.5. The molecule has 0 aromatic heterocycles. The summed E-state index contributed by atoms with van der Waals surface area (Å²) < 4.78 is 21.9. The molecule has 7 aromatic rings. The molecule has 0 amide bonds. The number of likely N-dealkylation sites (N-methyl/N-ethyl adjacent to an activating group) is 2. The maximum Gasteiger partial charge on any atom is 0.306 e. The summed E-state index contributed by atoms with van der Waals surface area (Å²) in [6.45, 7) is 8.64. The van der Waals surface area contributed by atoms with Gasteiger partial charge in [0, 0.05) is 59.6 Å². The molecule has 0 saturated heterocycles. The summed E-state index contributed by atoms with van der Waals surface area (Å²) in [5.74, 6) is -2.06. The number of aryl methyl sites for hydroxylation is 2. The first-order chi connectivity index (χ1) is 41.6. The Labute approximate surface area is 502 Å². The second-order valence-corrected chi connectivity index (χ2v) is 20.3. The van der Waals surface area contributed by atoms with Gasteiger partial charge in [0.25, 0.3) is 0 Å². The summed E-state index contributed by atoms with van der Waals surface area (Å²) in [5, 5.41) is 36.7. The number of ether oxygens (including phenoxy) is 4. The number of benzene rings is 7. The van der Waals surface area contributed by atoms with Gasteiger partial charge in [-0.15, -0.1) is 0 Å². The molecule has 0 atom stereocenters. The number of carbonyl (C=O) groups is 4. The van der Waals surface area contributed by atoms with Crippen LogP contribution in [0.2, 0.25) is 0 Å². The predicted octanol–water partition coefficient (Wildman–Crippen LogP) is 13.9. The lowest BCUT2D eigenvalue weighted by Gasteiger charge is -2.28. The van der Waals surface area contributed by atoms with Crippen molar-refractivity contribution in [1.29, 1.82) is 21.0 Å². The minimum atomic E-state index is -0.519. The molecule has 7 rings (SSSR count). The number of allylic oxidation sites excluding steroid dienone is 4. The van der Waals surface area contributed by atoms with Crippen LogP contribution in [0.3, 0.4) is 0 Å². The Bertz CT molecular complexity index is 3440. The van der Waals surface area contributed by atoms with Crippen LogP contribution >= 0.6 is 0 Å². The lowest BCUT2D eigenvalue weighted by atomic mass is 10.0. The zero-order valence-corrected chi connectivity index (χ0v) is 49.1. The van der Waals surface area contributed by atoms with Gasteiger partial charge in [0.1, 0.15) is 61.9 Å². The van der Waals surface area contributed by atoms with E-state index < -0.39 is 23.9 Å². The van der Waals surface area contributed by atoms with Gasteiger partial charge in [-0.1, -0.05) is 83.9 Å². The van der Waals surface area contributed by atoms with Crippen LogP contribution in [0.5, 0.6) is 0 Å². The maximum absolute atomic E-state index is 12.8. The van der Waals surface area contributed by atoms with Gasteiger partial charge >= 0.3 is 23.9 Å². The van der Waals surface area contributed by atoms with Crippen molar-refractivity contribution < 1.29 is 38.1 Å². The third-order valence-corrected chi connectivity index (χ3v) is 14.3. The highest BCUT2D eigenvalue weighted by molar-refractivity contribution is 5.83. The van der Waals surface area contributed by atoms with Crippen LogP contribution in [0.25, 0.3) is 11.1 Å². The summed E-state index contributed by atoms with van der Waals surface area (Å²) in [6.07, 6.45) is -0.496. The Morgan fingerprint density at radius 2 is 0.605 bits per heavy atom. The Balaban J connectivity index is 0.903. The fraction of sp³-hybridized carbons (Fsp3) is 0.229. The molecular weight excluding hydrogens is 1080 g/mol. The average Bonchev–Trinajstić information content (AvgIpc) is 2.13. The van der Waals surface area contributed by atoms with E-state index in [1.54, 1.807) is 13.8 Å². The molecule has 0 N–H and O–H groups in total. The first-order valence-corrected chi connectivity index (χ1v) is 27.9. The second-order valence-electron chi connectivity index (χ2n) is 20.3. The van der Waals surface area contributed by atoms with Crippen molar-refractivity contribution in [3.63, 3.8) is 0 Å². The summed E-state index contributed by atoms with van der Waals surface area (Å²) in [4.78, 5) is 58.7. The maximum atomic E-state index is 12.8. The summed E-state index contributed by atoms with van der Waals surface area (Å²) in [7, 11) is 3.71. The number of esters is 4. The van der Waals surface area contributed by atoms with Crippen LogP contribution in [0, 0.1) is 59.2 Å². The van der Waals surface area contributed by atoms with E-state index >= 15 is 0 Å². The van der Waals surface area contributed by atoms with Gasteiger partial charge in [0.2, 0.25) is 0 Å². The molecule has 16 heteroatoms. The van der Waals surface area contributed by atoms with Gasteiger partial charge in [-0.3, -0.25) is 19.2 Å². The van der Waals surface area contributed by atoms with Gasteiger partial charge in [-0.25, -0.2) is 0 Å². The molecule has 0 spiro atoms. The molecule has 0 unspecified atom stereocenters. The number of hydrogen-bond acceptors (Lipinski definition) is 16. The van der Waals surface area contributed by atoms with E-state index in [-0.39, 0.29) is 63.3 Å². The zero-order chi connectivity index (χ0) is 61.5. The highest BCUT2D eigenvalue weighted by atomic mass is 16.5. The molecule has 434 valence electrons. The number of rotatable bonds is 26. The average molecular weight is 1150 g/mol. The monoisotopic (exact) mass is 1150 g/mol. The second kappa shape index (κ2) is 30.9. The van der Waals surface area contributed by atoms with Crippen molar-refractivity contribution in [2.24, 2.45) is 0 Å². The van der Waals surface area contributed by atoms with E-state index in [9.17, 15) is 40.2 Å². The lowest BCUT2D eigenvalue weighted by Crippen LogP contribution is -2.24. The smallest absolute Gasteiger partial charge is 0.306 e. The number of nitriles is 4. The van der Waals surface area contributed by atoms with Crippen LogP contribution in [0.4, 0.5) is 45.5 Å². The highest BCUT2D eigenvalue weighted by Crippen LogP contribution is 2.39. The van der Waals surface area contributed by atoms with Crippen LogP contribution in [-0.2, 0) is 51.3 Å². The fourth-order valence-electron chi connectivity index (χ4n) is 9.00. The molecule has 0 fully saturated rings. The molecule has 0 aliphatic rings. The Kier molecular flexibility index (Phi) is 22.5. The third-order valence-electron chi connectivity index (χ3n) is 14.3. The van der Waals surface area contributed by atoms with Crippen molar-refractivity contribution >= 4 is 80.5 Å².